The van der Waals surface area contributed by atoms with Gasteiger partial charge in [-0.3, -0.25) is 9.78 Å². The lowest BCUT2D eigenvalue weighted by Crippen LogP contribution is -2.47. The van der Waals surface area contributed by atoms with Gasteiger partial charge in [0.15, 0.2) is 0 Å². The second-order valence-corrected chi connectivity index (χ2v) is 7.72. The quantitative estimate of drug-likeness (QED) is 0.652. The Morgan fingerprint density at radius 1 is 1.10 bits per heavy atom. The Bertz CT molecular complexity index is 977. The predicted octanol–water partition coefficient (Wildman–Crippen LogP) is 4.15. The molecule has 1 aromatic carbocycles. The van der Waals surface area contributed by atoms with Crippen molar-refractivity contribution in [2.45, 2.75) is 25.9 Å². The number of carbonyl (C=O) groups is 2. The third-order valence-corrected chi connectivity index (χ3v) is 5.42. The molecule has 3 heterocycles. The van der Waals surface area contributed by atoms with Gasteiger partial charge in [0.1, 0.15) is 5.76 Å². The number of amides is 3. The summed E-state index contributed by atoms with van der Waals surface area (Å²) in [4.78, 5) is 33.9. The van der Waals surface area contributed by atoms with Crippen LogP contribution in [0.1, 0.15) is 24.2 Å². The number of nitrogens with zero attached hydrogens (tertiary/aromatic N) is 3. The number of nitrogens with one attached hydrogen (secondary N) is 1. The van der Waals surface area contributed by atoms with Gasteiger partial charge in [-0.25, -0.2) is 4.79 Å². The van der Waals surface area contributed by atoms with Gasteiger partial charge < -0.3 is 19.5 Å². The van der Waals surface area contributed by atoms with E-state index < -0.39 is 0 Å². The molecule has 4 rings (SSSR count). The first-order chi connectivity index (χ1) is 15.2. The molecule has 7 nitrogen and oxygen atoms in total. The maximum atomic E-state index is 13.5. The van der Waals surface area contributed by atoms with E-state index in [1.807, 2.05) is 54.6 Å². The molecule has 7 heteroatoms. The number of furan rings is 1. The zero-order valence-corrected chi connectivity index (χ0v) is 17.3. The van der Waals surface area contributed by atoms with E-state index in [-0.39, 0.29) is 17.9 Å². The molecule has 0 saturated carbocycles. The van der Waals surface area contributed by atoms with E-state index in [0.717, 1.165) is 29.9 Å². The second kappa shape index (κ2) is 9.93. The highest BCUT2D eigenvalue weighted by Crippen LogP contribution is 2.22. The fourth-order valence-electron chi connectivity index (χ4n) is 3.86. The van der Waals surface area contributed by atoms with Gasteiger partial charge >= 0.3 is 6.03 Å². The Balaban J connectivity index is 1.44. The van der Waals surface area contributed by atoms with Crippen molar-refractivity contribution >= 4 is 17.6 Å². The molecule has 1 N–H and O–H groups in total. The molecule has 3 amide bonds. The number of anilines is 1. The maximum Gasteiger partial charge on any atom is 0.321 e. The Hall–Kier alpha value is -3.61. The highest BCUT2D eigenvalue weighted by Gasteiger charge is 2.31. The van der Waals surface area contributed by atoms with Gasteiger partial charge in [0, 0.05) is 37.7 Å². The molecular weight excluding hydrogens is 392 g/mol. The van der Waals surface area contributed by atoms with Crippen LogP contribution in [0.4, 0.5) is 10.5 Å². The first-order valence-electron chi connectivity index (χ1n) is 10.5. The summed E-state index contributed by atoms with van der Waals surface area (Å²) < 4.78 is 5.48. The molecule has 0 spiro atoms. The smallest absolute Gasteiger partial charge is 0.321 e. The molecule has 31 heavy (non-hydrogen) atoms. The third kappa shape index (κ3) is 5.51. The van der Waals surface area contributed by atoms with E-state index in [0.29, 0.717) is 26.2 Å². The van der Waals surface area contributed by atoms with Crippen LogP contribution in [0.2, 0.25) is 0 Å². The molecule has 1 atom stereocenters. The minimum Gasteiger partial charge on any atom is -0.467 e. The standard InChI is InChI=1S/C24H26N4O3/c29-23(28(18-22-11-6-14-31-22)16-19-7-4-12-25-15-19)20-8-5-13-27(17-20)24(30)26-21-9-2-1-3-10-21/h1-4,6-7,9-12,14-15,20H,5,8,13,16-18H2,(H,26,30). The number of urea groups is 1. The van der Waals surface area contributed by atoms with Crippen molar-refractivity contribution in [3.05, 3.63) is 84.6 Å². The third-order valence-electron chi connectivity index (χ3n) is 5.42. The number of para-hydroxylation sites is 1. The van der Waals surface area contributed by atoms with E-state index in [9.17, 15) is 9.59 Å². The summed E-state index contributed by atoms with van der Waals surface area (Å²) >= 11 is 0. The summed E-state index contributed by atoms with van der Waals surface area (Å²) in [5.41, 5.74) is 1.70. The molecule has 1 saturated heterocycles. The Morgan fingerprint density at radius 3 is 2.71 bits per heavy atom. The maximum absolute atomic E-state index is 13.5. The molecule has 0 bridgehead atoms. The van der Waals surface area contributed by atoms with Gasteiger partial charge in [-0.05, 0) is 48.7 Å². The average molecular weight is 418 g/mol. The molecule has 0 aliphatic carbocycles. The monoisotopic (exact) mass is 418 g/mol. The SMILES string of the molecule is O=C(Nc1ccccc1)N1CCCC(C(=O)N(Cc2cccnc2)Cc2ccco2)C1. The number of piperidine rings is 1. The summed E-state index contributed by atoms with van der Waals surface area (Å²) in [6.07, 6.45) is 6.64. The molecule has 2 aromatic heterocycles. The first-order valence-corrected chi connectivity index (χ1v) is 10.5. The molecule has 160 valence electrons. The van der Waals surface area contributed by atoms with Crippen LogP contribution in [-0.4, -0.2) is 39.8 Å². The number of benzene rings is 1. The lowest BCUT2D eigenvalue weighted by atomic mass is 9.96. The first kappa shape index (κ1) is 20.7. The Kier molecular flexibility index (Phi) is 6.62. The number of pyridine rings is 1. The molecule has 1 aliphatic rings. The summed E-state index contributed by atoms with van der Waals surface area (Å²) in [6.45, 7) is 1.87. The van der Waals surface area contributed by atoms with E-state index in [2.05, 4.69) is 10.3 Å². The number of hydrogen-bond donors (Lipinski definition) is 1. The molecule has 1 fully saturated rings. The highest BCUT2D eigenvalue weighted by atomic mass is 16.3. The topological polar surface area (TPSA) is 78.7 Å². The largest absolute Gasteiger partial charge is 0.467 e. The predicted molar refractivity (Wildman–Crippen MR) is 117 cm³/mol. The number of aromatic nitrogens is 1. The van der Waals surface area contributed by atoms with E-state index in [1.165, 1.54) is 0 Å². The summed E-state index contributed by atoms with van der Waals surface area (Å²) in [5.74, 6) is 0.506. The van der Waals surface area contributed by atoms with Gasteiger partial charge in [0.2, 0.25) is 5.91 Å². The van der Waals surface area contributed by atoms with Crippen molar-refractivity contribution in [1.82, 2.24) is 14.8 Å². The normalized spacial score (nSPS) is 16.0. The van der Waals surface area contributed by atoms with Crippen molar-refractivity contribution in [2.24, 2.45) is 5.92 Å². The minimum atomic E-state index is -0.248. The van der Waals surface area contributed by atoms with Crippen LogP contribution in [0, 0.1) is 5.92 Å². The van der Waals surface area contributed by atoms with Crippen LogP contribution in [0.15, 0.2) is 77.7 Å². The van der Waals surface area contributed by atoms with Crippen LogP contribution in [0.3, 0.4) is 0 Å². The molecule has 1 unspecified atom stereocenters. The zero-order chi connectivity index (χ0) is 21.5. The van der Waals surface area contributed by atoms with Crippen LogP contribution in [0.5, 0.6) is 0 Å². The van der Waals surface area contributed by atoms with E-state index in [4.69, 9.17) is 4.42 Å². The van der Waals surface area contributed by atoms with E-state index >= 15 is 0 Å². The van der Waals surface area contributed by atoms with Crippen molar-refractivity contribution in [3.8, 4) is 0 Å². The van der Waals surface area contributed by atoms with Gasteiger partial charge in [0.25, 0.3) is 0 Å². The Morgan fingerprint density at radius 2 is 1.97 bits per heavy atom. The van der Waals surface area contributed by atoms with Gasteiger partial charge in [0.05, 0.1) is 18.7 Å². The summed E-state index contributed by atoms with van der Waals surface area (Å²) in [6, 6.07) is 16.7. The molecular formula is C24H26N4O3. The van der Waals surface area contributed by atoms with Crippen molar-refractivity contribution in [3.63, 3.8) is 0 Å². The van der Waals surface area contributed by atoms with E-state index in [1.54, 1.807) is 28.5 Å². The second-order valence-electron chi connectivity index (χ2n) is 7.72. The van der Waals surface area contributed by atoms with Crippen LogP contribution in [0.25, 0.3) is 0 Å². The van der Waals surface area contributed by atoms with Gasteiger partial charge in [-0.1, -0.05) is 24.3 Å². The van der Waals surface area contributed by atoms with Gasteiger partial charge in [-0.15, -0.1) is 0 Å². The molecule has 0 radical (unpaired) electrons. The summed E-state index contributed by atoms with van der Waals surface area (Å²) in [5, 5.41) is 2.92. The molecule has 1 aliphatic heterocycles. The van der Waals surface area contributed by atoms with Crippen LogP contribution in [-0.2, 0) is 17.9 Å². The number of likely N-dealkylation sites (tertiary alicyclic amines) is 1. The molecule has 3 aromatic rings. The highest BCUT2D eigenvalue weighted by molar-refractivity contribution is 5.90. The summed E-state index contributed by atoms with van der Waals surface area (Å²) in [7, 11) is 0. The fourth-order valence-corrected chi connectivity index (χ4v) is 3.86. The van der Waals surface area contributed by atoms with Crippen molar-refractivity contribution in [1.29, 1.82) is 0 Å². The van der Waals surface area contributed by atoms with Crippen molar-refractivity contribution < 1.29 is 14.0 Å². The van der Waals surface area contributed by atoms with Crippen LogP contribution >= 0.6 is 0 Å². The lowest BCUT2D eigenvalue weighted by molar-refractivity contribution is -0.138. The number of hydrogen-bond acceptors (Lipinski definition) is 4. The number of rotatable bonds is 6. The van der Waals surface area contributed by atoms with Crippen LogP contribution < -0.4 is 5.32 Å². The minimum absolute atomic E-state index is 0.0254. The zero-order valence-electron chi connectivity index (χ0n) is 17.3. The average Bonchev–Trinajstić information content (AvgIpc) is 3.33. The van der Waals surface area contributed by atoms with Crippen molar-refractivity contribution in [2.75, 3.05) is 18.4 Å². The fraction of sp³-hybridized carbons (Fsp3) is 0.292. The lowest BCUT2D eigenvalue weighted by Gasteiger charge is -2.35. The Labute approximate surface area is 181 Å². The van der Waals surface area contributed by atoms with Gasteiger partial charge in [-0.2, -0.15) is 0 Å². The number of carbonyl (C=O) groups excluding carboxylic acids is 2.